The molecule has 1 saturated heterocycles. The molecule has 1 unspecified atom stereocenters. The van der Waals surface area contributed by atoms with Gasteiger partial charge in [-0.05, 0) is 37.1 Å². The summed E-state index contributed by atoms with van der Waals surface area (Å²) in [6, 6.07) is 4.04. The normalized spacial score (nSPS) is 21.5. The maximum atomic E-state index is 12.5. The van der Waals surface area contributed by atoms with Crippen molar-refractivity contribution in [3.05, 3.63) is 33.8 Å². The first-order valence-electron chi connectivity index (χ1n) is 5.58. The van der Waals surface area contributed by atoms with Crippen LogP contribution in [0.3, 0.4) is 0 Å². The maximum absolute atomic E-state index is 12.5. The molecule has 0 spiro atoms. The van der Waals surface area contributed by atoms with Gasteiger partial charge < -0.3 is 5.32 Å². The molecule has 1 aromatic rings. The Morgan fingerprint density at radius 2 is 2.00 bits per heavy atom. The summed E-state index contributed by atoms with van der Waals surface area (Å²) in [5.74, 6) is 0. The lowest BCUT2D eigenvalue weighted by Gasteiger charge is -2.25. The summed E-state index contributed by atoms with van der Waals surface area (Å²) in [6.45, 7) is 0.929. The van der Waals surface area contributed by atoms with Gasteiger partial charge >= 0.3 is 6.18 Å². The molecule has 1 aliphatic heterocycles. The highest BCUT2D eigenvalue weighted by Gasteiger charge is 2.31. The molecule has 1 atom stereocenters. The monoisotopic (exact) mass is 307 g/mol. The summed E-state index contributed by atoms with van der Waals surface area (Å²) in [5.41, 5.74) is 0.307. The number of nitrogens with one attached hydrogen (secondary N) is 1. The zero-order valence-corrected chi connectivity index (χ0v) is 10.7. The molecule has 1 nitrogen and oxygen atoms in total. The van der Waals surface area contributed by atoms with Crippen LogP contribution in [-0.2, 0) is 6.18 Å². The molecule has 17 heavy (non-hydrogen) atoms. The molecule has 94 valence electrons. The van der Waals surface area contributed by atoms with E-state index in [1.54, 1.807) is 6.07 Å². The Balaban J connectivity index is 2.25. The van der Waals surface area contributed by atoms with Crippen molar-refractivity contribution >= 4 is 15.9 Å². The molecule has 0 saturated carbocycles. The predicted octanol–water partition coefficient (Wildman–Crippen LogP) is 4.28. The first-order chi connectivity index (χ1) is 7.98. The highest BCUT2D eigenvalue weighted by Crippen LogP contribution is 2.35. The lowest BCUT2D eigenvalue weighted by Crippen LogP contribution is -2.27. The van der Waals surface area contributed by atoms with Crippen LogP contribution in [0.5, 0.6) is 0 Å². The summed E-state index contributed by atoms with van der Waals surface area (Å²) in [7, 11) is 0. The number of hydrogen-bond donors (Lipinski definition) is 1. The van der Waals surface area contributed by atoms with Gasteiger partial charge in [-0.2, -0.15) is 13.2 Å². The Morgan fingerprint density at radius 1 is 1.24 bits per heavy atom. The Hall–Kier alpha value is -0.550. The molecule has 0 radical (unpaired) electrons. The number of alkyl halides is 3. The maximum Gasteiger partial charge on any atom is 0.416 e. The zero-order chi connectivity index (χ0) is 12.5. The lowest BCUT2D eigenvalue weighted by molar-refractivity contribution is -0.137. The van der Waals surface area contributed by atoms with Crippen LogP contribution in [0, 0.1) is 0 Å². The van der Waals surface area contributed by atoms with Crippen LogP contribution in [0.15, 0.2) is 22.7 Å². The third kappa shape index (κ3) is 3.01. The smallest absolute Gasteiger partial charge is 0.310 e. The quantitative estimate of drug-likeness (QED) is 0.816. The Kier molecular flexibility index (Phi) is 3.78. The van der Waals surface area contributed by atoms with Crippen molar-refractivity contribution in [2.75, 3.05) is 6.54 Å². The van der Waals surface area contributed by atoms with E-state index in [9.17, 15) is 13.2 Å². The first-order valence-corrected chi connectivity index (χ1v) is 6.38. The average Bonchev–Trinajstić information content (AvgIpc) is 2.29. The van der Waals surface area contributed by atoms with E-state index in [2.05, 4.69) is 21.2 Å². The van der Waals surface area contributed by atoms with Crippen molar-refractivity contribution in [3.8, 4) is 0 Å². The van der Waals surface area contributed by atoms with Crippen molar-refractivity contribution in [1.29, 1.82) is 0 Å². The first kappa shape index (κ1) is 12.9. The van der Waals surface area contributed by atoms with Gasteiger partial charge in [0, 0.05) is 10.5 Å². The predicted molar refractivity (Wildman–Crippen MR) is 63.7 cm³/mol. The van der Waals surface area contributed by atoms with E-state index in [4.69, 9.17) is 0 Å². The molecule has 5 heteroatoms. The van der Waals surface area contributed by atoms with Crippen molar-refractivity contribution in [2.45, 2.75) is 31.5 Å². The van der Waals surface area contributed by atoms with E-state index in [1.165, 1.54) is 0 Å². The van der Waals surface area contributed by atoms with Crippen molar-refractivity contribution in [2.24, 2.45) is 0 Å². The van der Waals surface area contributed by atoms with Crippen LogP contribution in [-0.4, -0.2) is 6.54 Å². The molecule has 1 fully saturated rings. The van der Waals surface area contributed by atoms with Gasteiger partial charge in [0.1, 0.15) is 0 Å². The average molecular weight is 308 g/mol. The van der Waals surface area contributed by atoms with Crippen LogP contribution < -0.4 is 5.32 Å². The Labute approximate surface area is 107 Å². The largest absolute Gasteiger partial charge is 0.416 e. The molecule has 1 heterocycles. The fraction of sp³-hybridized carbons (Fsp3) is 0.500. The van der Waals surface area contributed by atoms with Crippen molar-refractivity contribution < 1.29 is 13.2 Å². The summed E-state index contributed by atoms with van der Waals surface area (Å²) in [6.07, 6.45) is -1.05. The van der Waals surface area contributed by atoms with E-state index < -0.39 is 11.7 Å². The van der Waals surface area contributed by atoms with Gasteiger partial charge in [-0.15, -0.1) is 0 Å². The summed E-state index contributed by atoms with van der Waals surface area (Å²) >= 11 is 3.24. The minimum absolute atomic E-state index is 0.167. The number of rotatable bonds is 1. The summed E-state index contributed by atoms with van der Waals surface area (Å²) in [4.78, 5) is 0. The number of piperidine rings is 1. The van der Waals surface area contributed by atoms with Crippen LogP contribution in [0.2, 0.25) is 0 Å². The minimum atomic E-state index is -4.28. The van der Waals surface area contributed by atoms with Gasteiger partial charge in [0.25, 0.3) is 0 Å². The molecule has 0 amide bonds. The fourth-order valence-electron chi connectivity index (χ4n) is 2.10. The zero-order valence-electron chi connectivity index (χ0n) is 9.15. The lowest BCUT2D eigenvalue weighted by atomic mass is 9.97. The molecular weight excluding hydrogens is 295 g/mol. The molecule has 1 aromatic carbocycles. The molecular formula is C12H13BrF3N. The van der Waals surface area contributed by atoms with Gasteiger partial charge in [-0.3, -0.25) is 0 Å². The third-order valence-electron chi connectivity index (χ3n) is 3.01. The van der Waals surface area contributed by atoms with E-state index in [-0.39, 0.29) is 6.04 Å². The van der Waals surface area contributed by atoms with E-state index in [1.807, 2.05) is 0 Å². The number of halogens is 4. The highest BCUT2D eigenvalue weighted by atomic mass is 79.9. The van der Waals surface area contributed by atoms with Crippen LogP contribution in [0.25, 0.3) is 0 Å². The highest BCUT2D eigenvalue weighted by molar-refractivity contribution is 9.10. The van der Waals surface area contributed by atoms with Gasteiger partial charge in [0.05, 0.1) is 5.56 Å². The Bertz CT molecular complexity index is 397. The van der Waals surface area contributed by atoms with Crippen LogP contribution in [0.4, 0.5) is 13.2 Å². The molecule has 0 bridgehead atoms. The molecule has 1 N–H and O–H groups in total. The topological polar surface area (TPSA) is 12.0 Å². The third-order valence-corrected chi connectivity index (χ3v) is 3.70. The van der Waals surface area contributed by atoms with Gasteiger partial charge in [0.2, 0.25) is 0 Å². The SMILES string of the molecule is FC(F)(F)c1ccc(C2CCCCN2)c(Br)c1. The summed E-state index contributed by atoms with van der Waals surface area (Å²) in [5, 5.41) is 3.32. The molecule has 0 aromatic heterocycles. The number of hydrogen-bond acceptors (Lipinski definition) is 1. The van der Waals surface area contributed by atoms with Crippen molar-refractivity contribution in [3.63, 3.8) is 0 Å². The van der Waals surface area contributed by atoms with Gasteiger partial charge in [-0.1, -0.05) is 28.4 Å². The minimum Gasteiger partial charge on any atom is -0.310 e. The molecule has 0 aliphatic carbocycles. The van der Waals surface area contributed by atoms with Crippen LogP contribution in [0.1, 0.15) is 36.4 Å². The second-order valence-corrected chi connectivity index (χ2v) is 5.09. The molecule has 1 aliphatic rings. The number of benzene rings is 1. The Morgan fingerprint density at radius 3 is 2.53 bits per heavy atom. The van der Waals surface area contributed by atoms with Gasteiger partial charge in [0.15, 0.2) is 0 Å². The summed E-state index contributed by atoms with van der Waals surface area (Å²) < 4.78 is 38.1. The van der Waals surface area contributed by atoms with Gasteiger partial charge in [-0.25, -0.2) is 0 Å². The standard InChI is InChI=1S/C12H13BrF3N/c13-10-7-8(12(14,15)16)4-5-9(10)11-3-1-2-6-17-11/h4-5,7,11,17H,1-3,6H2. The van der Waals surface area contributed by atoms with Crippen LogP contribution >= 0.6 is 15.9 Å². The van der Waals surface area contributed by atoms with E-state index in [0.717, 1.165) is 43.5 Å². The van der Waals surface area contributed by atoms with E-state index >= 15 is 0 Å². The second-order valence-electron chi connectivity index (χ2n) is 4.24. The van der Waals surface area contributed by atoms with E-state index in [0.29, 0.717) is 4.47 Å². The fourth-order valence-corrected chi connectivity index (χ4v) is 2.76. The molecule has 2 rings (SSSR count). The second kappa shape index (κ2) is 4.98. The van der Waals surface area contributed by atoms with Crippen molar-refractivity contribution in [1.82, 2.24) is 5.32 Å².